The number of primary amides is 1. The van der Waals surface area contributed by atoms with Crippen molar-refractivity contribution in [2.75, 3.05) is 11.0 Å². The Morgan fingerprint density at radius 2 is 1.81 bits per heavy atom. The molecule has 0 saturated heterocycles. The molecule has 0 aliphatic carbocycles. The highest BCUT2D eigenvalue weighted by Gasteiger charge is 2.33. The predicted octanol–water partition coefficient (Wildman–Crippen LogP) is 4.84. The van der Waals surface area contributed by atoms with Crippen molar-refractivity contribution in [1.82, 2.24) is 4.98 Å². The minimum Gasteiger partial charge on any atom is -0.366 e. The maximum atomic E-state index is 14.6. The number of carbonyl (C=O) groups is 1. The van der Waals surface area contributed by atoms with E-state index in [1.807, 2.05) is 0 Å². The van der Waals surface area contributed by atoms with Crippen molar-refractivity contribution in [2.24, 2.45) is 5.73 Å². The van der Waals surface area contributed by atoms with Crippen LogP contribution in [0.1, 0.15) is 22.4 Å². The van der Waals surface area contributed by atoms with E-state index in [4.69, 9.17) is 5.73 Å². The Morgan fingerprint density at radius 3 is 2.36 bits per heavy atom. The molecular formula is C24H20F5N3O3S. The molecule has 0 bridgehead atoms. The molecule has 190 valence electrons. The summed E-state index contributed by atoms with van der Waals surface area (Å²) in [6.45, 7) is 1.45. The normalized spacial score (nSPS) is 12.5. The number of nitrogens with zero attached hydrogens (tertiary/aromatic N) is 1. The number of pyridine rings is 1. The summed E-state index contributed by atoms with van der Waals surface area (Å²) in [5.74, 6) is -2.53. The molecule has 12 heteroatoms. The second kappa shape index (κ2) is 10.1. The number of aryl methyl sites for hydroxylation is 1. The van der Waals surface area contributed by atoms with Crippen LogP contribution < -0.4 is 10.5 Å². The molecule has 0 unspecified atom stereocenters. The van der Waals surface area contributed by atoms with Crippen molar-refractivity contribution in [2.45, 2.75) is 19.5 Å². The SMILES string of the molecule is Cc1cc(C/C(=C/c2ccc(C(F)(F)F)nc2-c2cccc(F)c2)C(N)=O)cc(F)c1NS(C)(=O)=O. The zero-order chi connectivity index (χ0) is 26.8. The molecule has 0 saturated carbocycles. The average Bonchev–Trinajstić information content (AvgIpc) is 2.74. The highest BCUT2D eigenvalue weighted by Crippen LogP contribution is 2.33. The number of amides is 1. The molecule has 6 nitrogen and oxygen atoms in total. The first-order valence-electron chi connectivity index (χ1n) is 10.3. The predicted molar refractivity (Wildman–Crippen MR) is 125 cm³/mol. The fourth-order valence-electron chi connectivity index (χ4n) is 3.46. The number of alkyl halides is 3. The van der Waals surface area contributed by atoms with E-state index in [1.165, 1.54) is 31.2 Å². The summed E-state index contributed by atoms with van der Waals surface area (Å²) in [6, 6.07) is 9.00. The molecule has 1 amide bonds. The summed E-state index contributed by atoms with van der Waals surface area (Å²) in [5.41, 5.74) is 4.24. The van der Waals surface area contributed by atoms with E-state index < -0.39 is 39.4 Å². The van der Waals surface area contributed by atoms with Crippen molar-refractivity contribution < 1.29 is 35.2 Å². The number of carbonyl (C=O) groups excluding carboxylic acids is 1. The lowest BCUT2D eigenvalue weighted by atomic mass is 9.97. The van der Waals surface area contributed by atoms with E-state index in [-0.39, 0.29) is 45.6 Å². The summed E-state index contributed by atoms with van der Waals surface area (Å²) in [4.78, 5) is 15.8. The number of nitrogens with one attached hydrogen (secondary N) is 1. The Labute approximate surface area is 203 Å². The van der Waals surface area contributed by atoms with Gasteiger partial charge in [-0.05, 0) is 48.4 Å². The monoisotopic (exact) mass is 525 g/mol. The van der Waals surface area contributed by atoms with Crippen LogP contribution in [-0.2, 0) is 27.4 Å². The Morgan fingerprint density at radius 1 is 1.11 bits per heavy atom. The van der Waals surface area contributed by atoms with Crippen LogP contribution in [0.4, 0.5) is 27.6 Å². The Kier molecular flexibility index (Phi) is 7.48. The van der Waals surface area contributed by atoms with Gasteiger partial charge in [-0.3, -0.25) is 9.52 Å². The fourth-order valence-corrected chi connectivity index (χ4v) is 4.09. The largest absolute Gasteiger partial charge is 0.433 e. The van der Waals surface area contributed by atoms with E-state index in [9.17, 15) is 35.2 Å². The third kappa shape index (κ3) is 6.66. The van der Waals surface area contributed by atoms with E-state index in [0.29, 0.717) is 6.07 Å². The molecule has 2 aromatic carbocycles. The van der Waals surface area contributed by atoms with E-state index in [2.05, 4.69) is 9.71 Å². The molecule has 0 spiro atoms. The maximum absolute atomic E-state index is 14.6. The van der Waals surface area contributed by atoms with Crippen molar-refractivity contribution in [3.05, 3.63) is 88.1 Å². The molecule has 3 rings (SSSR count). The van der Waals surface area contributed by atoms with Gasteiger partial charge in [0.15, 0.2) is 0 Å². The Balaban J connectivity index is 2.10. The first-order chi connectivity index (χ1) is 16.6. The number of halogens is 5. The van der Waals surface area contributed by atoms with Crippen LogP contribution in [0, 0.1) is 18.6 Å². The number of benzene rings is 2. The summed E-state index contributed by atoms with van der Waals surface area (Å²) in [5, 5.41) is 0. The summed E-state index contributed by atoms with van der Waals surface area (Å²) >= 11 is 0. The third-order valence-electron chi connectivity index (χ3n) is 4.99. The number of aromatic nitrogens is 1. The van der Waals surface area contributed by atoms with Crippen molar-refractivity contribution in [3.8, 4) is 11.3 Å². The lowest BCUT2D eigenvalue weighted by molar-refractivity contribution is -0.141. The highest BCUT2D eigenvalue weighted by molar-refractivity contribution is 7.92. The van der Waals surface area contributed by atoms with Crippen LogP contribution in [-0.4, -0.2) is 25.6 Å². The number of hydrogen-bond acceptors (Lipinski definition) is 4. The summed E-state index contributed by atoms with van der Waals surface area (Å²) in [6.07, 6.45) is -2.93. The quantitative estimate of drug-likeness (QED) is 0.341. The first kappa shape index (κ1) is 26.8. The minimum atomic E-state index is -4.77. The molecule has 3 aromatic rings. The van der Waals surface area contributed by atoms with Gasteiger partial charge in [0.2, 0.25) is 15.9 Å². The minimum absolute atomic E-state index is 0.0364. The van der Waals surface area contributed by atoms with Crippen LogP contribution in [0.5, 0.6) is 0 Å². The highest BCUT2D eigenvalue weighted by atomic mass is 32.2. The number of sulfonamides is 1. The second-order valence-electron chi connectivity index (χ2n) is 8.00. The van der Waals surface area contributed by atoms with Gasteiger partial charge in [0, 0.05) is 23.1 Å². The van der Waals surface area contributed by atoms with Crippen LogP contribution >= 0.6 is 0 Å². The Bertz CT molecular complexity index is 1450. The molecule has 3 N–H and O–H groups in total. The molecular weight excluding hydrogens is 505 g/mol. The first-order valence-corrected chi connectivity index (χ1v) is 12.1. The van der Waals surface area contributed by atoms with Crippen LogP contribution in [0.2, 0.25) is 0 Å². The van der Waals surface area contributed by atoms with Gasteiger partial charge in [-0.25, -0.2) is 22.2 Å². The average molecular weight is 525 g/mol. The molecule has 36 heavy (non-hydrogen) atoms. The van der Waals surface area contributed by atoms with Crippen LogP contribution in [0.15, 0.2) is 54.1 Å². The molecule has 1 aromatic heterocycles. The van der Waals surface area contributed by atoms with Gasteiger partial charge in [-0.2, -0.15) is 13.2 Å². The zero-order valence-electron chi connectivity index (χ0n) is 19.0. The lowest BCUT2D eigenvalue weighted by Gasteiger charge is -2.14. The van der Waals surface area contributed by atoms with E-state index >= 15 is 0 Å². The van der Waals surface area contributed by atoms with Gasteiger partial charge in [-0.1, -0.05) is 24.3 Å². The number of anilines is 1. The van der Waals surface area contributed by atoms with E-state index in [0.717, 1.165) is 30.5 Å². The maximum Gasteiger partial charge on any atom is 0.433 e. The molecule has 0 aliphatic heterocycles. The topological polar surface area (TPSA) is 102 Å². The van der Waals surface area contributed by atoms with E-state index in [1.54, 1.807) is 0 Å². The van der Waals surface area contributed by atoms with Crippen LogP contribution in [0.3, 0.4) is 0 Å². The van der Waals surface area contributed by atoms with Crippen molar-refractivity contribution in [1.29, 1.82) is 0 Å². The standard InChI is InChI=1S/C24H20F5N3O3S/c1-13-8-14(10-19(26)21(13)32-36(2,34)35)9-17(23(30)33)11-16-6-7-20(24(27,28)29)31-22(16)15-4-3-5-18(25)12-15/h3-8,10-12,32H,9H2,1-2H3,(H2,30,33)/b17-11-. The molecule has 0 atom stereocenters. The smallest absolute Gasteiger partial charge is 0.366 e. The fraction of sp³-hybridized carbons (Fsp3) is 0.167. The van der Waals surface area contributed by atoms with Gasteiger partial charge in [0.1, 0.15) is 17.3 Å². The van der Waals surface area contributed by atoms with Crippen LogP contribution in [0.25, 0.3) is 17.3 Å². The number of hydrogen-bond donors (Lipinski definition) is 2. The zero-order valence-corrected chi connectivity index (χ0v) is 19.8. The summed E-state index contributed by atoms with van der Waals surface area (Å²) < 4.78 is 93.2. The van der Waals surface area contributed by atoms with Crippen molar-refractivity contribution >= 4 is 27.7 Å². The second-order valence-corrected chi connectivity index (χ2v) is 9.75. The van der Waals surface area contributed by atoms with Gasteiger partial charge in [0.25, 0.3) is 0 Å². The summed E-state index contributed by atoms with van der Waals surface area (Å²) in [7, 11) is -3.75. The van der Waals surface area contributed by atoms with Gasteiger partial charge >= 0.3 is 6.18 Å². The molecule has 0 fully saturated rings. The number of nitrogens with two attached hydrogens (primary N) is 1. The Hall–Kier alpha value is -3.80. The van der Waals surface area contributed by atoms with Gasteiger partial charge in [-0.15, -0.1) is 0 Å². The van der Waals surface area contributed by atoms with Gasteiger partial charge in [0.05, 0.1) is 17.6 Å². The number of rotatable bonds is 7. The molecule has 1 heterocycles. The van der Waals surface area contributed by atoms with Gasteiger partial charge < -0.3 is 5.73 Å². The molecule has 0 radical (unpaired) electrons. The third-order valence-corrected chi connectivity index (χ3v) is 5.57. The lowest BCUT2D eigenvalue weighted by Crippen LogP contribution is -2.16. The van der Waals surface area contributed by atoms with Crippen molar-refractivity contribution in [3.63, 3.8) is 0 Å². The molecule has 0 aliphatic rings.